The lowest BCUT2D eigenvalue weighted by molar-refractivity contribution is -0.138. The third kappa shape index (κ3) is 4.56. The molecule has 0 spiro atoms. The molecule has 0 saturated carbocycles. The van der Waals surface area contributed by atoms with E-state index in [1.807, 2.05) is 30.3 Å². The van der Waals surface area contributed by atoms with Crippen LogP contribution in [0.4, 0.5) is 5.69 Å². The average Bonchev–Trinajstić information content (AvgIpc) is 2.74. The minimum atomic E-state index is -4.23. The van der Waals surface area contributed by atoms with Gasteiger partial charge in [0.25, 0.3) is 10.0 Å². The van der Waals surface area contributed by atoms with Crippen LogP contribution in [0.3, 0.4) is 0 Å². The zero-order valence-electron chi connectivity index (χ0n) is 15.4. The van der Waals surface area contributed by atoms with Crippen molar-refractivity contribution in [1.82, 2.24) is 0 Å². The Balaban J connectivity index is 2.23. The maximum atomic E-state index is 13.5. The predicted molar refractivity (Wildman–Crippen MR) is 115 cm³/mol. The third-order valence-electron chi connectivity index (χ3n) is 4.22. The predicted octanol–water partition coefficient (Wildman–Crippen LogP) is 5.03. The van der Waals surface area contributed by atoms with Gasteiger partial charge in [-0.2, -0.15) is 0 Å². The lowest BCUT2D eigenvalue weighted by Gasteiger charge is -2.26. The van der Waals surface area contributed by atoms with Crippen molar-refractivity contribution in [2.24, 2.45) is 0 Å². The Bertz CT molecular complexity index is 1130. The number of hydrogen-bond acceptors (Lipinski definition) is 4. The van der Waals surface area contributed by atoms with Crippen LogP contribution in [0.1, 0.15) is 0 Å². The summed E-state index contributed by atoms with van der Waals surface area (Å²) in [7, 11) is -3.03. The highest BCUT2D eigenvalue weighted by Crippen LogP contribution is 2.36. The Morgan fingerprint density at radius 3 is 2.31 bits per heavy atom. The summed E-state index contributed by atoms with van der Waals surface area (Å²) in [6.45, 7) is -0.522. The summed E-state index contributed by atoms with van der Waals surface area (Å²) in [6.07, 6.45) is 0. The third-order valence-corrected chi connectivity index (χ3v) is 6.70. The van der Waals surface area contributed by atoms with E-state index in [2.05, 4.69) is 0 Å². The van der Waals surface area contributed by atoms with Gasteiger partial charge >= 0.3 is 5.97 Å². The minimum Gasteiger partial charge on any atom is -0.468 e. The summed E-state index contributed by atoms with van der Waals surface area (Å²) in [4.78, 5) is 11.9. The number of ether oxygens (including phenoxy) is 1. The molecule has 0 atom stereocenters. The normalized spacial score (nSPS) is 11.1. The fourth-order valence-electron chi connectivity index (χ4n) is 2.83. The molecule has 0 unspecified atom stereocenters. The van der Waals surface area contributed by atoms with Gasteiger partial charge in [-0.25, -0.2) is 8.42 Å². The standard InChI is InChI=1S/C21H17Cl2NO4S/c1-28-21(25)14-24(29(26,27)20-13-16(22)11-12-18(20)23)19-10-6-5-9-17(19)15-7-3-2-4-8-15/h2-13H,14H2,1H3. The second-order valence-corrected chi connectivity index (χ2v) is 8.72. The average molecular weight is 450 g/mol. The number of para-hydroxylation sites is 1. The molecule has 0 aliphatic rings. The van der Waals surface area contributed by atoms with E-state index in [0.29, 0.717) is 11.3 Å². The molecular formula is C21H17Cl2NO4S. The van der Waals surface area contributed by atoms with Gasteiger partial charge in [0, 0.05) is 10.6 Å². The van der Waals surface area contributed by atoms with E-state index < -0.39 is 22.5 Å². The van der Waals surface area contributed by atoms with Gasteiger partial charge < -0.3 is 4.74 Å². The van der Waals surface area contributed by atoms with Crippen LogP contribution in [0.5, 0.6) is 0 Å². The van der Waals surface area contributed by atoms with E-state index in [4.69, 9.17) is 27.9 Å². The number of benzene rings is 3. The number of nitrogens with zero attached hydrogens (tertiary/aromatic N) is 1. The number of sulfonamides is 1. The molecule has 0 amide bonds. The van der Waals surface area contributed by atoms with Crippen molar-refractivity contribution >= 4 is 44.9 Å². The maximum absolute atomic E-state index is 13.5. The smallest absolute Gasteiger partial charge is 0.326 e. The fourth-order valence-corrected chi connectivity index (χ4v) is 5.00. The van der Waals surface area contributed by atoms with E-state index in [1.165, 1.54) is 25.3 Å². The van der Waals surface area contributed by atoms with Gasteiger partial charge in [-0.05, 0) is 29.8 Å². The summed E-state index contributed by atoms with van der Waals surface area (Å²) in [5.74, 6) is -0.713. The molecule has 0 aromatic heterocycles. The number of carbonyl (C=O) groups is 1. The van der Waals surface area contributed by atoms with Crippen LogP contribution in [0.25, 0.3) is 11.1 Å². The topological polar surface area (TPSA) is 63.7 Å². The number of methoxy groups -OCH3 is 1. The molecule has 0 heterocycles. The zero-order valence-corrected chi connectivity index (χ0v) is 17.7. The fraction of sp³-hybridized carbons (Fsp3) is 0.0952. The van der Waals surface area contributed by atoms with Crippen LogP contribution in [0.15, 0.2) is 77.7 Å². The van der Waals surface area contributed by atoms with Crippen LogP contribution >= 0.6 is 23.2 Å². The summed E-state index contributed by atoms with van der Waals surface area (Å²) < 4.78 is 32.7. The first-order valence-electron chi connectivity index (χ1n) is 8.53. The Kier molecular flexibility index (Phi) is 6.47. The van der Waals surface area contributed by atoms with Gasteiger partial charge in [-0.1, -0.05) is 71.7 Å². The molecular weight excluding hydrogens is 433 g/mol. The highest BCUT2D eigenvalue weighted by molar-refractivity contribution is 7.93. The van der Waals surface area contributed by atoms with E-state index >= 15 is 0 Å². The van der Waals surface area contributed by atoms with Gasteiger partial charge in [0.1, 0.15) is 11.4 Å². The highest BCUT2D eigenvalue weighted by atomic mass is 35.5. The first-order chi connectivity index (χ1) is 13.8. The van der Waals surface area contributed by atoms with Crippen molar-refractivity contribution in [3.63, 3.8) is 0 Å². The summed E-state index contributed by atoms with van der Waals surface area (Å²) in [5.41, 5.74) is 1.75. The minimum absolute atomic E-state index is 0.00135. The molecule has 29 heavy (non-hydrogen) atoms. The number of halogens is 2. The van der Waals surface area contributed by atoms with E-state index in [-0.39, 0.29) is 14.9 Å². The number of esters is 1. The summed E-state index contributed by atoms with van der Waals surface area (Å²) in [5, 5.41) is 0.212. The van der Waals surface area contributed by atoms with Crippen molar-refractivity contribution in [2.75, 3.05) is 18.0 Å². The Labute approximate surface area is 179 Å². The van der Waals surface area contributed by atoms with Gasteiger partial charge in [-0.15, -0.1) is 0 Å². The monoisotopic (exact) mass is 449 g/mol. The number of hydrogen-bond donors (Lipinski definition) is 0. The van der Waals surface area contributed by atoms with E-state index in [1.54, 1.807) is 24.3 Å². The van der Waals surface area contributed by atoms with Gasteiger partial charge in [-0.3, -0.25) is 9.10 Å². The van der Waals surface area contributed by atoms with Crippen molar-refractivity contribution in [1.29, 1.82) is 0 Å². The van der Waals surface area contributed by atoms with Crippen LogP contribution in [0.2, 0.25) is 10.0 Å². The number of anilines is 1. The molecule has 150 valence electrons. The SMILES string of the molecule is COC(=O)CN(c1ccccc1-c1ccccc1)S(=O)(=O)c1cc(Cl)ccc1Cl. The van der Waals surface area contributed by atoms with E-state index in [0.717, 1.165) is 9.87 Å². The van der Waals surface area contributed by atoms with Crippen LogP contribution in [-0.4, -0.2) is 28.0 Å². The Morgan fingerprint density at radius 2 is 1.62 bits per heavy atom. The largest absolute Gasteiger partial charge is 0.468 e. The Hall–Kier alpha value is -2.54. The summed E-state index contributed by atoms with van der Waals surface area (Å²) in [6, 6.07) is 20.3. The molecule has 3 aromatic carbocycles. The molecule has 8 heteroatoms. The summed E-state index contributed by atoms with van der Waals surface area (Å²) >= 11 is 12.2. The second kappa shape index (κ2) is 8.86. The maximum Gasteiger partial charge on any atom is 0.326 e. The lowest BCUT2D eigenvalue weighted by atomic mass is 10.0. The zero-order chi connectivity index (χ0) is 21.0. The molecule has 0 aliphatic heterocycles. The van der Waals surface area contributed by atoms with Crippen molar-refractivity contribution in [2.45, 2.75) is 4.90 Å². The van der Waals surface area contributed by atoms with Crippen LogP contribution in [0, 0.1) is 0 Å². The lowest BCUT2D eigenvalue weighted by Crippen LogP contribution is -2.36. The molecule has 0 aliphatic carbocycles. The molecule has 5 nitrogen and oxygen atoms in total. The first kappa shape index (κ1) is 21.2. The Morgan fingerprint density at radius 1 is 0.966 bits per heavy atom. The van der Waals surface area contributed by atoms with Gasteiger partial charge in [0.2, 0.25) is 0 Å². The van der Waals surface area contributed by atoms with Crippen molar-refractivity contribution in [3.05, 3.63) is 82.8 Å². The highest BCUT2D eigenvalue weighted by Gasteiger charge is 2.31. The molecule has 0 fully saturated rings. The van der Waals surface area contributed by atoms with Crippen LogP contribution < -0.4 is 4.31 Å². The quantitative estimate of drug-likeness (QED) is 0.495. The molecule has 0 saturated heterocycles. The first-order valence-corrected chi connectivity index (χ1v) is 10.7. The molecule has 0 bridgehead atoms. The molecule has 3 rings (SSSR count). The van der Waals surface area contributed by atoms with Gasteiger partial charge in [0.05, 0.1) is 17.8 Å². The number of rotatable bonds is 6. The van der Waals surface area contributed by atoms with Crippen LogP contribution in [-0.2, 0) is 19.6 Å². The van der Waals surface area contributed by atoms with Gasteiger partial charge in [0.15, 0.2) is 0 Å². The van der Waals surface area contributed by atoms with E-state index in [9.17, 15) is 13.2 Å². The van der Waals surface area contributed by atoms with Crippen molar-refractivity contribution in [3.8, 4) is 11.1 Å². The second-order valence-electron chi connectivity index (χ2n) is 6.05. The number of carbonyl (C=O) groups excluding carboxylic acids is 1. The van der Waals surface area contributed by atoms with Crippen molar-refractivity contribution < 1.29 is 17.9 Å². The molecule has 0 radical (unpaired) electrons. The molecule has 0 N–H and O–H groups in total. The molecule has 3 aromatic rings.